The van der Waals surface area contributed by atoms with E-state index in [2.05, 4.69) is 18.3 Å². The first-order valence-corrected chi connectivity index (χ1v) is 6.32. The lowest BCUT2D eigenvalue weighted by atomic mass is 10.1. The molecule has 2 atom stereocenters. The lowest BCUT2D eigenvalue weighted by Crippen LogP contribution is -2.30. The van der Waals surface area contributed by atoms with Crippen LogP contribution in [0.5, 0.6) is 5.75 Å². The van der Waals surface area contributed by atoms with Crippen molar-refractivity contribution in [2.45, 2.75) is 44.7 Å². The molecule has 16 heavy (non-hydrogen) atoms. The predicted octanol–water partition coefficient (Wildman–Crippen LogP) is 2.77. The van der Waals surface area contributed by atoms with E-state index in [-0.39, 0.29) is 0 Å². The summed E-state index contributed by atoms with van der Waals surface area (Å²) in [5.74, 6) is 1.36. The second-order valence-electron chi connectivity index (χ2n) is 5.23. The lowest BCUT2D eigenvalue weighted by molar-refractivity contribution is 0.421. The maximum atomic E-state index is 9.78. The maximum Gasteiger partial charge on any atom is 0.119 e. The van der Waals surface area contributed by atoms with Crippen LogP contribution in [0.25, 0.3) is 0 Å². The van der Waals surface area contributed by atoms with Crippen LogP contribution in [-0.2, 0) is 6.42 Å². The molecule has 0 spiro atoms. The minimum atomic E-state index is 0.456. The quantitative estimate of drug-likeness (QED) is 0.816. The van der Waals surface area contributed by atoms with Crippen molar-refractivity contribution in [1.29, 1.82) is 0 Å². The van der Waals surface area contributed by atoms with Crippen molar-refractivity contribution in [3.63, 3.8) is 0 Å². The van der Waals surface area contributed by atoms with Crippen LogP contribution in [-0.4, -0.2) is 11.1 Å². The van der Waals surface area contributed by atoms with Crippen LogP contribution < -0.4 is 5.32 Å². The summed E-state index contributed by atoms with van der Waals surface area (Å²) in [5, 5.41) is 13.5. The Morgan fingerprint density at radius 1 is 1.31 bits per heavy atom. The van der Waals surface area contributed by atoms with Crippen LogP contribution >= 0.6 is 0 Å². The van der Waals surface area contributed by atoms with Gasteiger partial charge in [0.15, 0.2) is 0 Å². The first-order chi connectivity index (χ1) is 7.75. The van der Waals surface area contributed by atoms with E-state index in [1.165, 1.54) is 18.4 Å². The number of fused-ring (bicyclic) bond motifs is 1. The molecule has 2 heteroatoms. The van der Waals surface area contributed by atoms with E-state index in [1.807, 2.05) is 6.07 Å². The molecule has 3 rings (SSSR count). The highest BCUT2D eigenvalue weighted by molar-refractivity contribution is 5.44. The average Bonchev–Trinajstić information content (AvgIpc) is 3.04. The monoisotopic (exact) mass is 217 g/mol. The number of nitrogens with one attached hydrogen (secondary N) is 1. The van der Waals surface area contributed by atoms with Gasteiger partial charge in [0.2, 0.25) is 0 Å². The summed E-state index contributed by atoms with van der Waals surface area (Å²) in [6.45, 7) is 2.29. The van der Waals surface area contributed by atoms with E-state index in [4.69, 9.17) is 0 Å². The van der Waals surface area contributed by atoms with Crippen molar-refractivity contribution in [3.05, 3.63) is 29.3 Å². The first-order valence-electron chi connectivity index (χ1n) is 6.32. The number of rotatable bonds is 3. The van der Waals surface area contributed by atoms with Crippen LogP contribution in [0, 0.1) is 5.92 Å². The Bertz CT molecular complexity index is 398. The summed E-state index contributed by atoms with van der Waals surface area (Å²) in [6.07, 6.45) is 4.91. The van der Waals surface area contributed by atoms with Crippen LogP contribution in [0.15, 0.2) is 18.2 Å². The largest absolute Gasteiger partial charge is 0.508 e. The molecule has 0 bridgehead atoms. The molecule has 2 aliphatic carbocycles. The molecule has 0 saturated heterocycles. The minimum absolute atomic E-state index is 0.456. The molecule has 1 aromatic rings. The zero-order valence-electron chi connectivity index (χ0n) is 9.74. The van der Waals surface area contributed by atoms with Crippen molar-refractivity contribution in [3.8, 4) is 5.75 Å². The molecule has 0 radical (unpaired) electrons. The minimum Gasteiger partial charge on any atom is -0.508 e. The molecule has 1 fully saturated rings. The molecule has 1 saturated carbocycles. The summed E-state index contributed by atoms with van der Waals surface area (Å²) in [7, 11) is 0. The van der Waals surface area contributed by atoms with Gasteiger partial charge >= 0.3 is 0 Å². The van der Waals surface area contributed by atoms with Gasteiger partial charge in [-0.3, -0.25) is 0 Å². The van der Waals surface area contributed by atoms with Crippen molar-refractivity contribution < 1.29 is 5.11 Å². The molecule has 0 aliphatic heterocycles. The topological polar surface area (TPSA) is 32.3 Å². The van der Waals surface area contributed by atoms with Gasteiger partial charge in [-0.15, -0.1) is 0 Å². The third-order valence-corrected chi connectivity index (χ3v) is 4.04. The van der Waals surface area contributed by atoms with E-state index < -0.39 is 0 Å². The second kappa shape index (κ2) is 3.77. The summed E-state index contributed by atoms with van der Waals surface area (Å²) in [5.41, 5.74) is 2.47. The third-order valence-electron chi connectivity index (χ3n) is 4.04. The van der Waals surface area contributed by atoms with Gasteiger partial charge in [-0.25, -0.2) is 0 Å². The Hall–Kier alpha value is -1.02. The Morgan fingerprint density at radius 3 is 2.88 bits per heavy atom. The first kappa shape index (κ1) is 10.2. The highest BCUT2D eigenvalue weighted by atomic mass is 16.3. The summed E-state index contributed by atoms with van der Waals surface area (Å²) in [6, 6.07) is 6.98. The van der Waals surface area contributed by atoms with Crippen molar-refractivity contribution >= 4 is 0 Å². The summed E-state index contributed by atoms with van der Waals surface area (Å²) < 4.78 is 0. The Balaban J connectivity index is 1.77. The third kappa shape index (κ3) is 1.71. The van der Waals surface area contributed by atoms with Crippen molar-refractivity contribution in [2.24, 2.45) is 5.92 Å². The molecule has 2 unspecified atom stereocenters. The van der Waals surface area contributed by atoms with Gasteiger partial charge in [0.05, 0.1) is 0 Å². The molecular formula is C14H19NO. The van der Waals surface area contributed by atoms with E-state index in [9.17, 15) is 5.11 Å². The number of benzene rings is 1. The predicted molar refractivity (Wildman–Crippen MR) is 64.5 cm³/mol. The average molecular weight is 217 g/mol. The fourth-order valence-electron chi connectivity index (χ4n) is 2.86. The fraction of sp³-hybridized carbons (Fsp3) is 0.571. The molecule has 2 aliphatic rings. The van der Waals surface area contributed by atoms with Gasteiger partial charge < -0.3 is 10.4 Å². The second-order valence-corrected chi connectivity index (χ2v) is 5.23. The zero-order valence-corrected chi connectivity index (χ0v) is 9.74. The van der Waals surface area contributed by atoms with Crippen LogP contribution in [0.2, 0.25) is 0 Å². The smallest absolute Gasteiger partial charge is 0.119 e. The van der Waals surface area contributed by atoms with Gasteiger partial charge in [0.1, 0.15) is 5.75 Å². The van der Waals surface area contributed by atoms with Gasteiger partial charge in [-0.2, -0.15) is 0 Å². The summed E-state index contributed by atoms with van der Waals surface area (Å²) in [4.78, 5) is 0. The van der Waals surface area contributed by atoms with Crippen LogP contribution in [0.1, 0.15) is 43.4 Å². The molecule has 0 amide bonds. The standard InChI is InChI=1S/C14H19NO/c1-9(10-5-6-10)15-13-8-7-12-11(13)3-2-4-14(12)16/h2-4,9-10,13,15-16H,5-8H2,1H3. The molecule has 0 aromatic heterocycles. The van der Waals surface area contributed by atoms with Gasteiger partial charge in [0, 0.05) is 12.1 Å². The van der Waals surface area contributed by atoms with Gasteiger partial charge in [-0.05, 0) is 55.7 Å². The Labute approximate surface area is 96.7 Å². The molecule has 2 N–H and O–H groups in total. The highest BCUT2D eigenvalue weighted by Gasteiger charge is 2.32. The molecule has 1 aromatic carbocycles. The zero-order chi connectivity index (χ0) is 11.1. The normalized spacial score (nSPS) is 25.4. The lowest BCUT2D eigenvalue weighted by Gasteiger charge is -2.20. The SMILES string of the molecule is CC(NC1CCc2c(O)cccc21)C1CC1. The number of hydrogen-bond donors (Lipinski definition) is 2. The van der Waals surface area contributed by atoms with Gasteiger partial charge in [-0.1, -0.05) is 12.1 Å². The van der Waals surface area contributed by atoms with E-state index in [0.717, 1.165) is 24.3 Å². The van der Waals surface area contributed by atoms with Crippen molar-refractivity contribution in [2.75, 3.05) is 0 Å². The molecule has 86 valence electrons. The number of hydrogen-bond acceptors (Lipinski definition) is 2. The number of aromatic hydroxyl groups is 1. The Kier molecular flexibility index (Phi) is 2.40. The van der Waals surface area contributed by atoms with E-state index >= 15 is 0 Å². The van der Waals surface area contributed by atoms with Crippen molar-refractivity contribution in [1.82, 2.24) is 5.32 Å². The Morgan fingerprint density at radius 2 is 2.12 bits per heavy atom. The molecular weight excluding hydrogens is 198 g/mol. The maximum absolute atomic E-state index is 9.78. The molecule has 2 nitrogen and oxygen atoms in total. The van der Waals surface area contributed by atoms with Crippen LogP contribution in [0.3, 0.4) is 0 Å². The van der Waals surface area contributed by atoms with Crippen LogP contribution in [0.4, 0.5) is 0 Å². The summed E-state index contributed by atoms with van der Waals surface area (Å²) >= 11 is 0. The van der Waals surface area contributed by atoms with E-state index in [1.54, 1.807) is 6.07 Å². The van der Waals surface area contributed by atoms with Gasteiger partial charge in [0.25, 0.3) is 0 Å². The molecule has 0 heterocycles. The highest BCUT2D eigenvalue weighted by Crippen LogP contribution is 2.39. The number of phenolic OH excluding ortho intramolecular Hbond substituents is 1. The fourth-order valence-corrected chi connectivity index (χ4v) is 2.86. The number of phenols is 1. The van der Waals surface area contributed by atoms with E-state index in [0.29, 0.717) is 17.8 Å².